The van der Waals surface area contributed by atoms with E-state index in [-0.39, 0.29) is 17.4 Å². The third-order valence-electron chi connectivity index (χ3n) is 8.38. The van der Waals surface area contributed by atoms with Crippen LogP contribution in [0.4, 0.5) is 5.69 Å². The van der Waals surface area contributed by atoms with Gasteiger partial charge in [-0.05, 0) is 86.7 Å². The first kappa shape index (κ1) is 26.2. The predicted octanol–water partition coefficient (Wildman–Crippen LogP) is 5.95. The molecule has 6 heteroatoms. The van der Waals surface area contributed by atoms with Crippen LogP contribution in [0.15, 0.2) is 53.4 Å². The number of amides is 1. The fourth-order valence-corrected chi connectivity index (χ4v) is 6.63. The van der Waals surface area contributed by atoms with E-state index >= 15 is 0 Å². The number of carbonyl (C=O) groups is 1. The Morgan fingerprint density at radius 1 is 1.22 bits per heavy atom. The molecule has 1 aliphatic heterocycles. The Balaban J connectivity index is 1.18. The molecule has 0 radical (unpaired) electrons. The molecule has 2 aliphatic carbocycles. The van der Waals surface area contributed by atoms with Crippen LogP contribution in [0, 0.1) is 12.8 Å². The van der Waals surface area contributed by atoms with Gasteiger partial charge in [0.2, 0.25) is 5.91 Å². The van der Waals surface area contributed by atoms with Crippen LogP contribution in [0.25, 0.3) is 0 Å². The molecule has 0 bridgehead atoms. The molecule has 1 amide bonds. The summed E-state index contributed by atoms with van der Waals surface area (Å²) < 4.78 is 9.47. The first-order valence-electron chi connectivity index (χ1n) is 13.9. The van der Waals surface area contributed by atoms with Gasteiger partial charge in [-0.3, -0.25) is 9.52 Å². The highest BCUT2D eigenvalue weighted by Gasteiger charge is 2.40. The van der Waals surface area contributed by atoms with Gasteiger partial charge in [-0.2, -0.15) is 0 Å². The van der Waals surface area contributed by atoms with Crippen LogP contribution in [0.1, 0.15) is 62.1 Å². The summed E-state index contributed by atoms with van der Waals surface area (Å²) in [4.78, 5) is 16.0. The van der Waals surface area contributed by atoms with Crippen molar-refractivity contribution in [2.75, 3.05) is 31.6 Å². The first-order chi connectivity index (χ1) is 17.9. The Morgan fingerprint density at radius 2 is 2.08 bits per heavy atom. The Morgan fingerprint density at radius 3 is 2.89 bits per heavy atom. The third kappa shape index (κ3) is 6.01. The molecule has 2 N–H and O–H groups in total. The lowest BCUT2D eigenvalue weighted by molar-refractivity contribution is -0.120. The summed E-state index contributed by atoms with van der Waals surface area (Å²) in [6, 6.07) is 12.9. The molecule has 2 aromatic rings. The minimum atomic E-state index is -0.248. The lowest BCUT2D eigenvalue weighted by Crippen LogP contribution is -2.44. The lowest BCUT2D eigenvalue weighted by atomic mass is 9.70. The number of fused-ring (bicyclic) bond motifs is 3. The molecule has 5 nitrogen and oxygen atoms in total. The van der Waals surface area contributed by atoms with E-state index in [1.54, 1.807) is 0 Å². The molecule has 1 fully saturated rings. The minimum absolute atomic E-state index is 0.00397. The Bertz CT molecular complexity index is 1150. The summed E-state index contributed by atoms with van der Waals surface area (Å²) in [7, 11) is 2.16. The first-order valence-corrected chi connectivity index (χ1v) is 14.7. The summed E-state index contributed by atoms with van der Waals surface area (Å²) in [6.45, 7) is 6.43. The van der Waals surface area contributed by atoms with E-state index in [0.717, 1.165) is 48.2 Å². The lowest BCUT2D eigenvalue weighted by Gasteiger charge is -2.40. The van der Waals surface area contributed by atoms with Crippen LogP contribution in [0.5, 0.6) is 5.75 Å². The number of carbonyl (C=O) groups excluding carboxylic acids is 1. The zero-order chi connectivity index (χ0) is 25.8. The number of nitrogens with zero attached hydrogens (tertiary/aromatic N) is 1. The molecular formula is C31H41N3O2S. The molecule has 37 heavy (non-hydrogen) atoms. The van der Waals surface area contributed by atoms with Gasteiger partial charge in [0, 0.05) is 30.4 Å². The van der Waals surface area contributed by atoms with Gasteiger partial charge in [0.05, 0.1) is 18.3 Å². The Labute approximate surface area is 226 Å². The molecule has 1 saturated carbocycles. The summed E-state index contributed by atoms with van der Waals surface area (Å²) >= 11 is 1.37. The van der Waals surface area contributed by atoms with Gasteiger partial charge in [-0.25, -0.2) is 0 Å². The highest BCUT2D eigenvalue weighted by molar-refractivity contribution is 7.98. The average Bonchev–Trinajstić information content (AvgIpc) is 3.00. The second-order valence-electron chi connectivity index (χ2n) is 11.3. The number of nitrogens with one attached hydrogen (secondary N) is 2. The summed E-state index contributed by atoms with van der Waals surface area (Å²) in [5, 5.41) is 3.30. The SMILES string of the molecule is Cc1ccc2c(c1)CCC[C@]21COc2ccc(SNC(=O)[C@@H](C)NC/C=C\CC3CCC3)cc2N(C)C1. The van der Waals surface area contributed by atoms with Crippen LogP contribution >= 0.6 is 11.9 Å². The van der Waals surface area contributed by atoms with Crippen LogP contribution < -0.4 is 19.7 Å². The van der Waals surface area contributed by atoms with E-state index in [1.165, 1.54) is 60.7 Å². The van der Waals surface area contributed by atoms with Gasteiger partial charge in [0.1, 0.15) is 5.75 Å². The van der Waals surface area contributed by atoms with Gasteiger partial charge in [0.15, 0.2) is 0 Å². The number of aryl methyl sites for hydroxylation is 2. The topological polar surface area (TPSA) is 53.6 Å². The summed E-state index contributed by atoms with van der Waals surface area (Å²) in [5.41, 5.74) is 5.34. The van der Waals surface area contributed by atoms with Crippen molar-refractivity contribution in [3.8, 4) is 5.75 Å². The number of rotatable bonds is 8. The molecular weight excluding hydrogens is 478 g/mol. The van der Waals surface area contributed by atoms with Gasteiger partial charge in [-0.1, -0.05) is 55.2 Å². The average molecular weight is 520 g/mol. The van der Waals surface area contributed by atoms with Crippen molar-refractivity contribution in [1.82, 2.24) is 10.0 Å². The zero-order valence-electron chi connectivity index (χ0n) is 22.5. The monoisotopic (exact) mass is 519 g/mol. The van der Waals surface area contributed by atoms with Crippen LogP contribution in [-0.4, -0.2) is 38.7 Å². The van der Waals surface area contributed by atoms with Crippen molar-refractivity contribution in [1.29, 1.82) is 0 Å². The van der Waals surface area contributed by atoms with Crippen LogP contribution in [-0.2, 0) is 16.6 Å². The van der Waals surface area contributed by atoms with Crippen molar-refractivity contribution in [2.24, 2.45) is 5.92 Å². The maximum absolute atomic E-state index is 12.6. The zero-order valence-corrected chi connectivity index (χ0v) is 23.3. The molecule has 198 valence electrons. The van der Waals surface area contributed by atoms with E-state index in [2.05, 4.69) is 65.3 Å². The highest BCUT2D eigenvalue weighted by Crippen LogP contribution is 2.44. The number of hydrogen-bond donors (Lipinski definition) is 2. The van der Waals surface area contributed by atoms with Crippen molar-refractivity contribution in [3.63, 3.8) is 0 Å². The Kier molecular flexibility index (Phi) is 8.15. The largest absolute Gasteiger partial charge is 0.490 e. The molecule has 0 unspecified atom stereocenters. The smallest absolute Gasteiger partial charge is 0.246 e. The van der Waals surface area contributed by atoms with Crippen molar-refractivity contribution < 1.29 is 9.53 Å². The number of benzene rings is 2. The van der Waals surface area contributed by atoms with Crippen LogP contribution in [0.2, 0.25) is 0 Å². The quantitative estimate of drug-likeness (QED) is 0.334. The highest BCUT2D eigenvalue weighted by atomic mass is 32.2. The molecule has 1 spiro atoms. The summed E-state index contributed by atoms with van der Waals surface area (Å²) in [6.07, 6.45) is 13.2. The normalized spacial score (nSPS) is 22.1. The molecule has 2 aromatic carbocycles. The van der Waals surface area contributed by atoms with E-state index in [9.17, 15) is 4.79 Å². The van der Waals surface area contributed by atoms with Gasteiger partial charge in [-0.15, -0.1) is 0 Å². The third-order valence-corrected chi connectivity index (χ3v) is 9.18. The van der Waals surface area contributed by atoms with Gasteiger partial charge < -0.3 is 15.0 Å². The number of likely N-dealkylation sites (N-methyl/N-ethyl adjacent to an activating group) is 1. The molecule has 5 rings (SSSR count). The van der Waals surface area contributed by atoms with E-state index in [1.807, 2.05) is 19.1 Å². The van der Waals surface area contributed by atoms with Crippen molar-refractivity contribution in [3.05, 3.63) is 65.2 Å². The minimum Gasteiger partial charge on any atom is -0.490 e. The van der Waals surface area contributed by atoms with Crippen molar-refractivity contribution in [2.45, 2.75) is 75.1 Å². The van der Waals surface area contributed by atoms with E-state index in [0.29, 0.717) is 6.61 Å². The fourth-order valence-electron chi connectivity index (χ4n) is 5.93. The van der Waals surface area contributed by atoms with Gasteiger partial charge >= 0.3 is 0 Å². The second-order valence-corrected chi connectivity index (χ2v) is 12.2. The summed E-state index contributed by atoms with van der Waals surface area (Å²) in [5.74, 6) is 1.79. The number of allylic oxidation sites excluding steroid dienone is 1. The van der Waals surface area contributed by atoms with Crippen LogP contribution in [0.3, 0.4) is 0 Å². The van der Waals surface area contributed by atoms with E-state index in [4.69, 9.17) is 4.74 Å². The molecule has 0 aromatic heterocycles. The molecule has 2 atom stereocenters. The molecule has 0 saturated heterocycles. The predicted molar refractivity (Wildman–Crippen MR) is 154 cm³/mol. The molecule has 1 heterocycles. The number of hydrogen-bond acceptors (Lipinski definition) is 5. The Hall–Kier alpha value is -2.44. The molecule has 3 aliphatic rings. The number of anilines is 1. The number of ether oxygens (including phenoxy) is 1. The van der Waals surface area contributed by atoms with Gasteiger partial charge in [0.25, 0.3) is 0 Å². The fraction of sp³-hybridized carbons (Fsp3) is 0.516. The van der Waals surface area contributed by atoms with E-state index < -0.39 is 0 Å². The van der Waals surface area contributed by atoms with Crippen molar-refractivity contribution >= 4 is 23.5 Å². The maximum atomic E-state index is 12.6. The second kappa shape index (κ2) is 11.5. The maximum Gasteiger partial charge on any atom is 0.246 e. The standard InChI is InChI=1S/C31H41N3O2S/c1-22-12-14-27-25(18-22)11-7-16-31(27)20-34(3)28-19-26(13-15-29(28)36-21-31)37-33-30(35)23(2)32-17-5-4-8-24-9-6-10-24/h4-5,12-15,18-19,23-24,32H,6-11,16-17,20-21H2,1-3H3,(H,33,35)/b5-4-/t23-,31+/m1/s1.